The maximum Gasteiger partial charge on any atom is 0.229 e. The summed E-state index contributed by atoms with van der Waals surface area (Å²) in [6, 6.07) is 7.92. The van der Waals surface area contributed by atoms with E-state index in [1.165, 1.54) is 4.90 Å². The molecule has 0 bridgehead atoms. The average molecular weight is 287 g/mol. The molecule has 5 heteroatoms. The highest BCUT2D eigenvalue weighted by Gasteiger charge is 2.30. The van der Waals surface area contributed by atoms with Gasteiger partial charge in [-0.2, -0.15) is 0 Å². The average Bonchev–Trinajstić information content (AvgIpc) is 2.76. The fourth-order valence-corrected chi connectivity index (χ4v) is 2.63. The number of nitrogens with two attached hydrogens (primary N) is 1. The molecule has 2 atom stereocenters. The summed E-state index contributed by atoms with van der Waals surface area (Å²) in [5.41, 5.74) is 6.77. The normalized spacial score (nSPS) is 22.3. The Balaban J connectivity index is 0.00000162. The van der Waals surface area contributed by atoms with Gasteiger partial charge in [0.15, 0.2) is 0 Å². The first-order valence-electron chi connectivity index (χ1n) is 5.91. The minimum absolute atomic E-state index is 0. The molecule has 3 N–H and O–H groups in total. The van der Waals surface area contributed by atoms with Gasteiger partial charge in [-0.05, 0) is 43.4 Å². The highest BCUT2D eigenvalue weighted by atomic mass is 35.5. The quantitative estimate of drug-likeness (QED) is 0.840. The van der Waals surface area contributed by atoms with Crippen LogP contribution >= 0.6 is 24.2 Å². The van der Waals surface area contributed by atoms with E-state index in [9.17, 15) is 4.79 Å². The minimum atomic E-state index is -0.0183. The predicted molar refractivity (Wildman–Crippen MR) is 79.4 cm³/mol. The van der Waals surface area contributed by atoms with E-state index in [-0.39, 0.29) is 30.3 Å². The number of carbonyl (C=O) groups excluding carboxylic acids is 1. The molecular formula is C13H19ClN2OS. The third-order valence-corrected chi connectivity index (χ3v) is 4.01. The fourth-order valence-electron chi connectivity index (χ4n) is 2.22. The Kier molecular flexibility index (Phi) is 5.99. The van der Waals surface area contributed by atoms with Gasteiger partial charge in [0.25, 0.3) is 0 Å². The summed E-state index contributed by atoms with van der Waals surface area (Å²) >= 11 is 1.69. The van der Waals surface area contributed by atoms with Crippen LogP contribution in [0.3, 0.4) is 0 Å². The molecule has 0 aromatic heterocycles. The summed E-state index contributed by atoms with van der Waals surface area (Å²) in [7, 11) is 0. The van der Waals surface area contributed by atoms with Crippen LogP contribution in [0.5, 0.6) is 0 Å². The molecule has 18 heavy (non-hydrogen) atoms. The molecule has 1 fully saturated rings. The number of amides is 1. The van der Waals surface area contributed by atoms with Crippen molar-refractivity contribution in [3.05, 3.63) is 24.3 Å². The number of carbonyl (C=O) groups is 1. The van der Waals surface area contributed by atoms with Crippen molar-refractivity contribution < 1.29 is 4.79 Å². The first-order chi connectivity index (χ1) is 8.20. The standard InChI is InChI=1S/C13H18N2OS.ClH/c1-17-10-7-5-9(6-8-10)15-13(16)11-3-2-4-12(11)14;/h5-8,11-12H,2-4,14H2,1H3,(H,15,16);1H. The number of hydrogen-bond donors (Lipinski definition) is 2. The van der Waals surface area contributed by atoms with E-state index in [1.54, 1.807) is 11.8 Å². The Hall–Kier alpha value is -0.710. The number of thioether (sulfide) groups is 1. The van der Waals surface area contributed by atoms with E-state index >= 15 is 0 Å². The number of halogens is 1. The van der Waals surface area contributed by atoms with E-state index in [4.69, 9.17) is 5.73 Å². The van der Waals surface area contributed by atoms with Crippen molar-refractivity contribution in [3.63, 3.8) is 0 Å². The maximum absolute atomic E-state index is 12.0. The van der Waals surface area contributed by atoms with Crippen LogP contribution in [0.4, 0.5) is 5.69 Å². The Morgan fingerprint density at radius 3 is 2.50 bits per heavy atom. The molecule has 1 aliphatic rings. The first kappa shape index (κ1) is 15.3. The summed E-state index contributed by atoms with van der Waals surface area (Å²) < 4.78 is 0. The van der Waals surface area contributed by atoms with Gasteiger partial charge in [0.2, 0.25) is 5.91 Å². The zero-order chi connectivity index (χ0) is 12.3. The van der Waals surface area contributed by atoms with Gasteiger partial charge in [-0.3, -0.25) is 4.79 Å². The molecule has 0 heterocycles. The van der Waals surface area contributed by atoms with Gasteiger partial charge in [-0.15, -0.1) is 24.2 Å². The summed E-state index contributed by atoms with van der Waals surface area (Å²) in [6.07, 6.45) is 4.97. The van der Waals surface area contributed by atoms with Gasteiger partial charge in [-0.1, -0.05) is 6.42 Å². The number of benzene rings is 1. The third kappa shape index (κ3) is 3.64. The van der Waals surface area contributed by atoms with Crippen molar-refractivity contribution >= 4 is 35.8 Å². The van der Waals surface area contributed by atoms with E-state index in [2.05, 4.69) is 5.32 Å². The lowest BCUT2D eigenvalue weighted by Crippen LogP contribution is -2.34. The zero-order valence-corrected chi connectivity index (χ0v) is 12.0. The molecule has 100 valence electrons. The molecular weight excluding hydrogens is 268 g/mol. The molecule has 3 nitrogen and oxygen atoms in total. The zero-order valence-electron chi connectivity index (χ0n) is 10.4. The molecule has 0 aliphatic heterocycles. The third-order valence-electron chi connectivity index (χ3n) is 3.26. The van der Waals surface area contributed by atoms with Crippen molar-refractivity contribution in [2.24, 2.45) is 11.7 Å². The van der Waals surface area contributed by atoms with Crippen LogP contribution in [-0.4, -0.2) is 18.2 Å². The molecule has 1 aromatic rings. The lowest BCUT2D eigenvalue weighted by molar-refractivity contribution is -0.120. The number of rotatable bonds is 3. The Bertz CT molecular complexity index is 396. The van der Waals surface area contributed by atoms with Crippen molar-refractivity contribution in [1.82, 2.24) is 0 Å². The summed E-state index contributed by atoms with van der Waals surface area (Å²) in [6.45, 7) is 0. The van der Waals surface area contributed by atoms with Crippen molar-refractivity contribution in [2.75, 3.05) is 11.6 Å². The van der Waals surface area contributed by atoms with Crippen LogP contribution in [-0.2, 0) is 4.79 Å². The van der Waals surface area contributed by atoms with Crippen LogP contribution in [0.25, 0.3) is 0 Å². The Morgan fingerprint density at radius 1 is 1.33 bits per heavy atom. The molecule has 0 saturated heterocycles. The van der Waals surface area contributed by atoms with Gasteiger partial charge in [0.05, 0.1) is 5.92 Å². The molecule has 2 unspecified atom stereocenters. The SMILES string of the molecule is CSc1ccc(NC(=O)C2CCCC2N)cc1.Cl. The van der Waals surface area contributed by atoms with Gasteiger partial charge >= 0.3 is 0 Å². The van der Waals surface area contributed by atoms with Gasteiger partial charge in [0.1, 0.15) is 0 Å². The molecule has 2 rings (SSSR count). The largest absolute Gasteiger partial charge is 0.327 e. The molecule has 1 saturated carbocycles. The molecule has 0 spiro atoms. The second-order valence-electron chi connectivity index (χ2n) is 4.42. The topological polar surface area (TPSA) is 55.1 Å². The van der Waals surface area contributed by atoms with Crippen molar-refractivity contribution in [3.8, 4) is 0 Å². The summed E-state index contributed by atoms with van der Waals surface area (Å²) in [5, 5.41) is 2.94. The lowest BCUT2D eigenvalue weighted by Gasteiger charge is -2.15. The highest BCUT2D eigenvalue weighted by Crippen LogP contribution is 2.25. The maximum atomic E-state index is 12.0. The molecule has 1 aromatic carbocycles. The van der Waals surface area contributed by atoms with Crippen LogP contribution in [0, 0.1) is 5.92 Å². The number of nitrogens with one attached hydrogen (secondary N) is 1. The number of hydrogen-bond acceptors (Lipinski definition) is 3. The van der Waals surface area contributed by atoms with E-state index in [1.807, 2.05) is 30.5 Å². The predicted octanol–water partition coefficient (Wildman–Crippen LogP) is 2.90. The molecule has 0 radical (unpaired) electrons. The Labute approximate surface area is 118 Å². The first-order valence-corrected chi connectivity index (χ1v) is 7.13. The molecule has 1 amide bonds. The van der Waals surface area contributed by atoms with Crippen LogP contribution in [0.15, 0.2) is 29.2 Å². The Morgan fingerprint density at radius 2 is 2.00 bits per heavy atom. The van der Waals surface area contributed by atoms with Crippen LogP contribution in [0.2, 0.25) is 0 Å². The highest BCUT2D eigenvalue weighted by molar-refractivity contribution is 7.98. The van der Waals surface area contributed by atoms with Gasteiger partial charge < -0.3 is 11.1 Å². The van der Waals surface area contributed by atoms with E-state index in [0.717, 1.165) is 24.9 Å². The second-order valence-corrected chi connectivity index (χ2v) is 5.30. The van der Waals surface area contributed by atoms with Crippen LogP contribution in [0.1, 0.15) is 19.3 Å². The summed E-state index contributed by atoms with van der Waals surface area (Å²) in [5.74, 6) is 0.0436. The van der Waals surface area contributed by atoms with Gasteiger partial charge in [0, 0.05) is 16.6 Å². The summed E-state index contributed by atoms with van der Waals surface area (Å²) in [4.78, 5) is 13.2. The van der Waals surface area contributed by atoms with E-state index in [0.29, 0.717) is 0 Å². The van der Waals surface area contributed by atoms with Gasteiger partial charge in [-0.25, -0.2) is 0 Å². The minimum Gasteiger partial charge on any atom is -0.327 e. The second kappa shape index (κ2) is 7.02. The van der Waals surface area contributed by atoms with E-state index < -0.39 is 0 Å². The fraction of sp³-hybridized carbons (Fsp3) is 0.462. The van der Waals surface area contributed by atoms with Crippen LogP contribution < -0.4 is 11.1 Å². The van der Waals surface area contributed by atoms with Crippen molar-refractivity contribution in [2.45, 2.75) is 30.2 Å². The molecule has 1 aliphatic carbocycles. The van der Waals surface area contributed by atoms with Crippen molar-refractivity contribution in [1.29, 1.82) is 0 Å². The smallest absolute Gasteiger partial charge is 0.229 e. The lowest BCUT2D eigenvalue weighted by atomic mass is 10.0. The number of anilines is 1. The monoisotopic (exact) mass is 286 g/mol.